The van der Waals surface area contributed by atoms with Gasteiger partial charge >= 0.3 is 0 Å². The number of amides is 1. The van der Waals surface area contributed by atoms with Crippen LogP contribution in [0.5, 0.6) is 11.6 Å². The number of aromatic nitrogens is 3. The summed E-state index contributed by atoms with van der Waals surface area (Å²) in [5, 5.41) is 7.27. The molecule has 0 aliphatic carbocycles. The van der Waals surface area contributed by atoms with Crippen LogP contribution in [-0.2, 0) is 18.4 Å². The van der Waals surface area contributed by atoms with Gasteiger partial charge in [-0.15, -0.1) is 16.4 Å². The first-order valence-corrected chi connectivity index (χ1v) is 10.7. The zero-order chi connectivity index (χ0) is 22.0. The first kappa shape index (κ1) is 20.9. The summed E-state index contributed by atoms with van der Waals surface area (Å²) >= 11 is 1.61. The minimum absolute atomic E-state index is 0.128. The standard InChI is InChI=1S/C23H24N4O3S/c1-15-12-16(2)24-22-21(15)23(25-26(22)3)30-14-20(28)27(13-19-6-5-11-31-19)17-7-9-18(29-4)10-8-17/h5-12H,13-14H2,1-4H3. The summed E-state index contributed by atoms with van der Waals surface area (Å²) in [5.74, 6) is 0.999. The van der Waals surface area contributed by atoms with Gasteiger partial charge in [-0.05, 0) is 61.2 Å². The average Bonchev–Trinajstić information content (AvgIpc) is 3.38. The van der Waals surface area contributed by atoms with Crippen molar-refractivity contribution in [3.8, 4) is 11.6 Å². The summed E-state index contributed by atoms with van der Waals surface area (Å²) in [6, 6.07) is 13.4. The predicted molar refractivity (Wildman–Crippen MR) is 122 cm³/mol. The lowest BCUT2D eigenvalue weighted by atomic mass is 10.2. The van der Waals surface area contributed by atoms with E-state index in [1.165, 1.54) is 0 Å². The van der Waals surface area contributed by atoms with Crippen LogP contribution in [0.3, 0.4) is 0 Å². The Kier molecular flexibility index (Phi) is 5.90. The highest BCUT2D eigenvalue weighted by atomic mass is 32.1. The monoisotopic (exact) mass is 436 g/mol. The highest BCUT2D eigenvalue weighted by molar-refractivity contribution is 7.09. The molecule has 7 nitrogen and oxygen atoms in total. The molecule has 0 atom stereocenters. The molecular formula is C23H24N4O3S. The van der Waals surface area contributed by atoms with Crippen LogP contribution in [0.4, 0.5) is 5.69 Å². The van der Waals surface area contributed by atoms with Crippen molar-refractivity contribution in [2.75, 3.05) is 18.6 Å². The quantitative estimate of drug-likeness (QED) is 0.433. The van der Waals surface area contributed by atoms with Crippen LogP contribution in [0.25, 0.3) is 11.0 Å². The van der Waals surface area contributed by atoms with Gasteiger partial charge in [0.15, 0.2) is 12.3 Å². The Morgan fingerprint density at radius 1 is 1.19 bits per heavy atom. The third kappa shape index (κ3) is 4.39. The Morgan fingerprint density at radius 2 is 1.97 bits per heavy atom. The molecule has 0 fully saturated rings. The number of benzene rings is 1. The van der Waals surface area contributed by atoms with Crippen LogP contribution in [0.1, 0.15) is 16.1 Å². The molecule has 4 aromatic rings. The fourth-order valence-corrected chi connectivity index (χ4v) is 4.19. The van der Waals surface area contributed by atoms with E-state index in [-0.39, 0.29) is 12.5 Å². The van der Waals surface area contributed by atoms with E-state index in [0.717, 1.165) is 38.6 Å². The maximum atomic E-state index is 13.2. The SMILES string of the molecule is COc1ccc(N(Cc2cccs2)C(=O)COc2nn(C)c3nc(C)cc(C)c23)cc1. The Labute approximate surface area is 184 Å². The normalized spacial score (nSPS) is 11.0. The molecule has 8 heteroatoms. The number of hydrogen-bond acceptors (Lipinski definition) is 6. The van der Waals surface area contributed by atoms with Gasteiger partial charge in [0.05, 0.1) is 19.0 Å². The van der Waals surface area contributed by atoms with Crippen molar-refractivity contribution in [2.45, 2.75) is 20.4 Å². The van der Waals surface area contributed by atoms with Gasteiger partial charge in [0.25, 0.3) is 5.91 Å². The summed E-state index contributed by atoms with van der Waals surface area (Å²) in [4.78, 5) is 20.6. The molecule has 1 aromatic carbocycles. The third-order valence-electron chi connectivity index (χ3n) is 5.00. The molecule has 0 spiro atoms. The van der Waals surface area contributed by atoms with Gasteiger partial charge in [0.2, 0.25) is 5.88 Å². The van der Waals surface area contributed by atoms with Crippen molar-refractivity contribution in [2.24, 2.45) is 7.05 Å². The zero-order valence-electron chi connectivity index (χ0n) is 18.0. The molecule has 4 rings (SSSR count). The van der Waals surface area contributed by atoms with Crippen molar-refractivity contribution in [1.29, 1.82) is 0 Å². The molecule has 0 N–H and O–H groups in total. The topological polar surface area (TPSA) is 69.5 Å². The number of fused-ring (bicyclic) bond motifs is 1. The van der Waals surface area contributed by atoms with E-state index in [4.69, 9.17) is 9.47 Å². The molecule has 0 bridgehead atoms. The fraction of sp³-hybridized carbons (Fsp3) is 0.261. The lowest BCUT2D eigenvalue weighted by Crippen LogP contribution is -2.34. The minimum atomic E-state index is -0.157. The molecule has 160 valence electrons. The molecule has 1 amide bonds. The van der Waals surface area contributed by atoms with E-state index in [1.807, 2.05) is 68.7 Å². The van der Waals surface area contributed by atoms with Crippen LogP contribution in [0.15, 0.2) is 47.8 Å². The van der Waals surface area contributed by atoms with E-state index in [0.29, 0.717) is 12.4 Å². The first-order valence-electron chi connectivity index (χ1n) is 9.87. The van der Waals surface area contributed by atoms with Gasteiger partial charge in [-0.1, -0.05) is 6.07 Å². The average molecular weight is 437 g/mol. The van der Waals surface area contributed by atoms with E-state index in [1.54, 1.807) is 28.0 Å². The number of methoxy groups -OCH3 is 1. The second-order valence-corrected chi connectivity index (χ2v) is 8.29. The predicted octanol–water partition coefficient (Wildman–Crippen LogP) is 4.27. The molecule has 31 heavy (non-hydrogen) atoms. The van der Waals surface area contributed by atoms with E-state index >= 15 is 0 Å². The fourth-order valence-electron chi connectivity index (χ4n) is 3.50. The molecule has 3 aromatic heterocycles. The van der Waals surface area contributed by atoms with E-state index < -0.39 is 0 Å². The maximum absolute atomic E-state index is 13.2. The third-order valence-corrected chi connectivity index (χ3v) is 5.86. The van der Waals surface area contributed by atoms with E-state index in [9.17, 15) is 4.79 Å². The maximum Gasteiger partial charge on any atom is 0.265 e. The van der Waals surface area contributed by atoms with Crippen molar-refractivity contribution in [3.63, 3.8) is 0 Å². The number of ether oxygens (including phenoxy) is 2. The van der Waals surface area contributed by atoms with Crippen LogP contribution in [0, 0.1) is 13.8 Å². The van der Waals surface area contributed by atoms with Crippen LogP contribution in [-0.4, -0.2) is 34.4 Å². The summed E-state index contributed by atoms with van der Waals surface area (Å²) in [6.45, 7) is 4.28. The Balaban J connectivity index is 1.58. The number of carbonyl (C=O) groups excluding carboxylic acids is 1. The molecule has 0 aliphatic rings. The van der Waals surface area contributed by atoms with Gasteiger partial charge in [-0.3, -0.25) is 4.79 Å². The van der Waals surface area contributed by atoms with Crippen LogP contribution < -0.4 is 14.4 Å². The molecule has 0 radical (unpaired) electrons. The smallest absolute Gasteiger partial charge is 0.265 e. The number of anilines is 1. The summed E-state index contributed by atoms with van der Waals surface area (Å²) in [6.07, 6.45) is 0. The highest BCUT2D eigenvalue weighted by Gasteiger charge is 2.20. The Morgan fingerprint density at radius 3 is 2.65 bits per heavy atom. The number of rotatable bonds is 7. The summed E-state index contributed by atoms with van der Waals surface area (Å²) in [7, 11) is 3.44. The lowest BCUT2D eigenvalue weighted by Gasteiger charge is -2.22. The Bertz CT molecular complexity index is 1200. The Hall–Kier alpha value is -3.39. The summed E-state index contributed by atoms with van der Waals surface area (Å²) in [5.41, 5.74) is 3.45. The number of thiophene rings is 1. The zero-order valence-corrected chi connectivity index (χ0v) is 18.8. The molecule has 0 aliphatic heterocycles. The van der Waals surface area contributed by atoms with Crippen molar-refractivity contribution in [3.05, 3.63) is 64.0 Å². The van der Waals surface area contributed by atoms with Crippen LogP contribution in [0.2, 0.25) is 0 Å². The molecule has 0 unspecified atom stereocenters. The van der Waals surface area contributed by atoms with Gasteiger partial charge in [0.1, 0.15) is 5.75 Å². The van der Waals surface area contributed by atoms with Gasteiger partial charge in [-0.2, -0.15) is 0 Å². The number of aryl methyl sites for hydroxylation is 3. The number of nitrogens with zero attached hydrogens (tertiary/aromatic N) is 4. The van der Waals surface area contributed by atoms with Gasteiger partial charge < -0.3 is 14.4 Å². The largest absolute Gasteiger partial charge is 0.497 e. The summed E-state index contributed by atoms with van der Waals surface area (Å²) < 4.78 is 12.8. The van der Waals surface area contributed by atoms with Crippen molar-refractivity contribution in [1.82, 2.24) is 14.8 Å². The first-order chi connectivity index (χ1) is 15.0. The second kappa shape index (κ2) is 8.77. The number of hydrogen-bond donors (Lipinski definition) is 0. The van der Waals surface area contributed by atoms with E-state index in [2.05, 4.69) is 10.1 Å². The number of carbonyl (C=O) groups is 1. The lowest BCUT2D eigenvalue weighted by molar-refractivity contribution is -0.120. The molecular weight excluding hydrogens is 412 g/mol. The second-order valence-electron chi connectivity index (χ2n) is 7.25. The molecule has 3 heterocycles. The van der Waals surface area contributed by atoms with Crippen molar-refractivity contribution >= 4 is 34.0 Å². The number of pyridine rings is 1. The van der Waals surface area contributed by atoms with Crippen LogP contribution >= 0.6 is 11.3 Å². The molecule has 0 saturated heterocycles. The minimum Gasteiger partial charge on any atom is -0.497 e. The molecule has 0 saturated carbocycles. The highest BCUT2D eigenvalue weighted by Crippen LogP contribution is 2.28. The van der Waals surface area contributed by atoms with Crippen molar-refractivity contribution < 1.29 is 14.3 Å². The van der Waals surface area contributed by atoms with Gasteiger partial charge in [-0.25, -0.2) is 9.67 Å². The van der Waals surface area contributed by atoms with Gasteiger partial charge in [0, 0.05) is 23.3 Å².